The van der Waals surface area contributed by atoms with Gasteiger partial charge in [-0.2, -0.15) is 5.10 Å². The summed E-state index contributed by atoms with van der Waals surface area (Å²) in [6, 6.07) is -1.05. The number of nitrogens with one attached hydrogen (secondary N) is 2. The molecule has 7 heteroatoms. The van der Waals surface area contributed by atoms with Gasteiger partial charge in [-0.25, -0.2) is 9.59 Å². The maximum atomic E-state index is 12.1. The van der Waals surface area contributed by atoms with Crippen molar-refractivity contribution < 1.29 is 14.7 Å². The highest BCUT2D eigenvalue weighted by atomic mass is 16.4. The van der Waals surface area contributed by atoms with E-state index in [9.17, 15) is 14.7 Å². The molecule has 1 aromatic rings. The maximum Gasteiger partial charge on any atom is 0.326 e. The zero-order chi connectivity index (χ0) is 14.5. The van der Waals surface area contributed by atoms with Crippen molar-refractivity contribution >= 4 is 12.0 Å². The van der Waals surface area contributed by atoms with Gasteiger partial charge in [-0.1, -0.05) is 13.3 Å². The van der Waals surface area contributed by atoms with Gasteiger partial charge in [0.15, 0.2) is 0 Å². The molecule has 0 aliphatic carbocycles. The van der Waals surface area contributed by atoms with E-state index in [1.54, 1.807) is 12.4 Å². The van der Waals surface area contributed by atoms with Crippen molar-refractivity contribution in [3.8, 4) is 0 Å². The van der Waals surface area contributed by atoms with Crippen LogP contribution in [0, 0.1) is 5.92 Å². The number of aliphatic carboxylic acids is 1. The molecule has 1 aliphatic rings. The normalized spacial score (nSPS) is 22.6. The molecule has 7 nitrogen and oxygen atoms in total. The molecule has 0 spiro atoms. The zero-order valence-electron chi connectivity index (χ0n) is 11.5. The third-order valence-electron chi connectivity index (χ3n) is 3.83. The summed E-state index contributed by atoms with van der Waals surface area (Å²) in [5, 5.41) is 18.5. The first-order valence-electron chi connectivity index (χ1n) is 6.86. The summed E-state index contributed by atoms with van der Waals surface area (Å²) in [5.41, 5.74) is 0.855. The molecule has 1 fully saturated rings. The number of piperidine rings is 1. The average molecular weight is 280 g/mol. The molecule has 2 rings (SSSR count). The van der Waals surface area contributed by atoms with Gasteiger partial charge < -0.3 is 15.3 Å². The first kappa shape index (κ1) is 14.4. The first-order chi connectivity index (χ1) is 9.61. The van der Waals surface area contributed by atoms with E-state index in [4.69, 9.17) is 0 Å². The number of carboxylic acids is 1. The number of carboxylic acid groups (broad SMARTS) is 1. The molecule has 1 aliphatic heterocycles. The minimum atomic E-state index is -0.929. The molecule has 20 heavy (non-hydrogen) atoms. The number of carbonyl (C=O) groups excluding carboxylic acids is 1. The Balaban J connectivity index is 1.94. The summed E-state index contributed by atoms with van der Waals surface area (Å²) >= 11 is 0. The molecule has 1 aromatic heterocycles. The molecule has 3 N–H and O–H groups in total. The first-order valence-corrected chi connectivity index (χ1v) is 6.86. The topological polar surface area (TPSA) is 98.3 Å². The number of aromatic nitrogens is 2. The van der Waals surface area contributed by atoms with Crippen LogP contribution in [0.3, 0.4) is 0 Å². The van der Waals surface area contributed by atoms with Gasteiger partial charge in [-0.15, -0.1) is 0 Å². The smallest absolute Gasteiger partial charge is 0.326 e. The van der Waals surface area contributed by atoms with Crippen molar-refractivity contribution in [3.05, 3.63) is 18.0 Å². The van der Waals surface area contributed by atoms with E-state index in [1.165, 1.54) is 4.90 Å². The fourth-order valence-electron chi connectivity index (χ4n) is 2.54. The van der Waals surface area contributed by atoms with E-state index >= 15 is 0 Å². The SMILES string of the molecule is CCC1CCN(C(=O)NCc2cn[nH]c2)C(C(=O)O)C1. The zero-order valence-corrected chi connectivity index (χ0v) is 11.5. The van der Waals surface area contributed by atoms with E-state index in [2.05, 4.69) is 22.4 Å². The maximum absolute atomic E-state index is 12.1. The second-order valence-electron chi connectivity index (χ2n) is 5.11. The summed E-state index contributed by atoms with van der Waals surface area (Å²) in [4.78, 5) is 24.9. The third kappa shape index (κ3) is 3.28. The van der Waals surface area contributed by atoms with Crippen LogP contribution in [0.2, 0.25) is 0 Å². The number of hydrogen-bond acceptors (Lipinski definition) is 3. The van der Waals surface area contributed by atoms with E-state index < -0.39 is 12.0 Å². The molecule has 2 heterocycles. The van der Waals surface area contributed by atoms with Gasteiger partial charge >= 0.3 is 12.0 Å². The monoisotopic (exact) mass is 280 g/mol. The molecular formula is C13H20N4O3. The number of rotatable bonds is 4. The molecule has 2 amide bonds. The molecule has 110 valence electrons. The van der Waals surface area contributed by atoms with Crippen molar-refractivity contribution in [1.82, 2.24) is 20.4 Å². The molecule has 2 atom stereocenters. The molecule has 1 saturated heterocycles. The number of nitrogens with zero attached hydrogens (tertiary/aromatic N) is 2. The fraction of sp³-hybridized carbons (Fsp3) is 0.615. The van der Waals surface area contributed by atoms with E-state index in [0.29, 0.717) is 25.4 Å². The van der Waals surface area contributed by atoms with Gasteiger partial charge in [0.25, 0.3) is 0 Å². The van der Waals surface area contributed by atoms with Gasteiger partial charge in [-0.05, 0) is 18.8 Å². The Kier molecular flexibility index (Phi) is 4.60. The van der Waals surface area contributed by atoms with Crippen molar-refractivity contribution in [2.45, 2.75) is 38.8 Å². The van der Waals surface area contributed by atoms with Crippen molar-refractivity contribution in [1.29, 1.82) is 0 Å². The largest absolute Gasteiger partial charge is 0.480 e. The van der Waals surface area contributed by atoms with Crippen LogP contribution in [0.5, 0.6) is 0 Å². The standard InChI is InChI=1S/C13H20N4O3/c1-2-9-3-4-17(11(5-9)12(18)19)13(20)14-6-10-7-15-16-8-10/h7-9,11H,2-6H2,1H3,(H,14,20)(H,15,16)(H,18,19). The Hall–Kier alpha value is -2.05. The highest BCUT2D eigenvalue weighted by Gasteiger charge is 2.35. The number of urea groups is 1. The number of likely N-dealkylation sites (tertiary alicyclic amines) is 1. The third-order valence-corrected chi connectivity index (χ3v) is 3.83. The molecule has 0 saturated carbocycles. The number of carbonyl (C=O) groups is 2. The lowest BCUT2D eigenvalue weighted by atomic mass is 9.89. The summed E-state index contributed by atoms with van der Waals surface area (Å²) in [6.07, 6.45) is 5.66. The van der Waals surface area contributed by atoms with Crippen LogP contribution in [0.15, 0.2) is 12.4 Å². The summed E-state index contributed by atoms with van der Waals surface area (Å²) in [7, 11) is 0. The lowest BCUT2D eigenvalue weighted by molar-refractivity contribution is -0.144. The predicted octanol–water partition coefficient (Wildman–Crippen LogP) is 1.19. The molecule has 2 unspecified atom stereocenters. The van der Waals surface area contributed by atoms with E-state index in [-0.39, 0.29) is 6.03 Å². The van der Waals surface area contributed by atoms with Crippen molar-refractivity contribution in [3.63, 3.8) is 0 Å². The fourth-order valence-corrected chi connectivity index (χ4v) is 2.54. The number of H-pyrrole nitrogens is 1. The Labute approximate surface area is 117 Å². The predicted molar refractivity (Wildman–Crippen MR) is 72.0 cm³/mol. The van der Waals surface area contributed by atoms with Gasteiger partial charge in [-0.3, -0.25) is 5.10 Å². The quantitative estimate of drug-likeness (QED) is 0.771. The second-order valence-corrected chi connectivity index (χ2v) is 5.11. The van der Waals surface area contributed by atoms with Gasteiger partial charge in [0.2, 0.25) is 0 Å². The molecule has 0 bridgehead atoms. The van der Waals surface area contributed by atoms with Crippen LogP contribution in [-0.2, 0) is 11.3 Å². The van der Waals surface area contributed by atoms with Crippen LogP contribution in [0.1, 0.15) is 31.7 Å². The Morgan fingerprint density at radius 1 is 1.60 bits per heavy atom. The van der Waals surface area contributed by atoms with Crippen molar-refractivity contribution in [2.24, 2.45) is 5.92 Å². The summed E-state index contributed by atoms with van der Waals surface area (Å²) in [5.74, 6) is -0.546. The van der Waals surface area contributed by atoms with Gasteiger partial charge in [0.05, 0.1) is 6.20 Å². The van der Waals surface area contributed by atoms with Gasteiger partial charge in [0.1, 0.15) is 6.04 Å². The van der Waals surface area contributed by atoms with Crippen LogP contribution in [0.4, 0.5) is 4.79 Å². The molecule has 0 radical (unpaired) electrons. The van der Waals surface area contributed by atoms with Crippen LogP contribution in [-0.4, -0.2) is 44.8 Å². The highest BCUT2D eigenvalue weighted by Crippen LogP contribution is 2.25. The lowest BCUT2D eigenvalue weighted by Crippen LogP contribution is -2.53. The summed E-state index contributed by atoms with van der Waals surface area (Å²) in [6.45, 7) is 2.89. The minimum absolute atomic E-state index is 0.326. The van der Waals surface area contributed by atoms with Crippen LogP contribution in [0.25, 0.3) is 0 Å². The molecular weight excluding hydrogens is 260 g/mol. The van der Waals surface area contributed by atoms with Crippen LogP contribution >= 0.6 is 0 Å². The summed E-state index contributed by atoms with van der Waals surface area (Å²) < 4.78 is 0. The van der Waals surface area contributed by atoms with E-state index in [0.717, 1.165) is 18.4 Å². The number of aromatic amines is 1. The van der Waals surface area contributed by atoms with E-state index in [1.807, 2.05) is 0 Å². The minimum Gasteiger partial charge on any atom is -0.480 e. The highest BCUT2D eigenvalue weighted by molar-refractivity contribution is 5.82. The van der Waals surface area contributed by atoms with Crippen molar-refractivity contribution in [2.75, 3.05) is 6.54 Å². The van der Waals surface area contributed by atoms with Crippen LogP contribution < -0.4 is 5.32 Å². The van der Waals surface area contributed by atoms with Gasteiger partial charge in [0, 0.05) is 24.8 Å². The number of hydrogen-bond donors (Lipinski definition) is 3. The lowest BCUT2D eigenvalue weighted by Gasteiger charge is -2.36. The molecule has 0 aromatic carbocycles. The Bertz CT molecular complexity index is 460. The number of amides is 2. The Morgan fingerprint density at radius 2 is 2.40 bits per heavy atom. The Morgan fingerprint density at radius 3 is 3.00 bits per heavy atom. The second kappa shape index (κ2) is 6.40. The average Bonchev–Trinajstić information content (AvgIpc) is 2.97.